The highest BCUT2D eigenvalue weighted by molar-refractivity contribution is 6.39. The molecular weight excluding hydrogens is 314 g/mol. The van der Waals surface area contributed by atoms with Crippen molar-refractivity contribution in [2.75, 3.05) is 5.32 Å². The fraction of sp³-hybridized carbons (Fsp3) is 0.118. The number of halogens is 1. The number of rotatable bonds is 3. The van der Waals surface area contributed by atoms with Crippen LogP contribution in [0.3, 0.4) is 0 Å². The largest absolute Gasteiger partial charge is 0.329 e. The molecule has 118 valence electrons. The molecule has 0 aromatic heterocycles. The van der Waals surface area contributed by atoms with Gasteiger partial charge in [0.1, 0.15) is 0 Å². The van der Waals surface area contributed by atoms with Gasteiger partial charge in [0.25, 0.3) is 0 Å². The summed E-state index contributed by atoms with van der Waals surface area (Å²) in [4.78, 5) is 23.6. The van der Waals surface area contributed by atoms with E-state index in [1.54, 1.807) is 30.3 Å². The maximum absolute atomic E-state index is 11.9. The average Bonchev–Trinajstić information content (AvgIpc) is 2.52. The first-order valence-electron chi connectivity index (χ1n) is 6.93. The highest BCUT2D eigenvalue weighted by Gasteiger charge is 2.14. The number of nitrogens with zero attached hydrogens (tertiary/aromatic N) is 1. The van der Waals surface area contributed by atoms with Gasteiger partial charge in [0.2, 0.25) is 0 Å². The molecule has 0 saturated carbocycles. The number of amides is 2. The molecule has 23 heavy (non-hydrogen) atoms. The molecule has 0 atom stereocenters. The Labute approximate surface area is 139 Å². The van der Waals surface area contributed by atoms with Crippen molar-refractivity contribution in [2.45, 2.75) is 13.8 Å². The van der Waals surface area contributed by atoms with Gasteiger partial charge in [-0.25, -0.2) is 5.43 Å². The minimum atomic E-state index is -0.853. The van der Waals surface area contributed by atoms with Crippen LogP contribution in [0.5, 0.6) is 0 Å². The van der Waals surface area contributed by atoms with Gasteiger partial charge in [-0.2, -0.15) is 5.10 Å². The van der Waals surface area contributed by atoms with Crippen LogP contribution in [0, 0.1) is 13.8 Å². The second-order valence-corrected chi connectivity index (χ2v) is 5.40. The number of hydrogen-bond acceptors (Lipinski definition) is 3. The van der Waals surface area contributed by atoms with Crippen molar-refractivity contribution in [3.05, 3.63) is 64.2 Å². The van der Waals surface area contributed by atoms with Gasteiger partial charge in [-0.05, 0) is 37.1 Å². The molecule has 5 nitrogen and oxygen atoms in total. The van der Waals surface area contributed by atoms with Gasteiger partial charge < -0.3 is 5.32 Å². The van der Waals surface area contributed by atoms with Crippen molar-refractivity contribution in [2.24, 2.45) is 5.10 Å². The standard InChI is InChI=1S/C17H16ClN3O2/c1-11-7-8-12(2)15(9-11)20-16(22)17(23)21-19-10-13-5-3-4-6-14(13)18/h3-10H,1-2H3,(H,20,22)(H,21,23). The van der Waals surface area contributed by atoms with Crippen molar-refractivity contribution in [1.29, 1.82) is 0 Å². The minimum Gasteiger partial charge on any atom is -0.317 e. The molecule has 0 spiro atoms. The van der Waals surface area contributed by atoms with Crippen LogP contribution < -0.4 is 10.7 Å². The van der Waals surface area contributed by atoms with Crippen molar-refractivity contribution in [1.82, 2.24) is 5.43 Å². The SMILES string of the molecule is Cc1ccc(C)c(NC(=O)C(=O)NN=Cc2ccccc2Cl)c1. The number of anilines is 1. The van der Waals surface area contributed by atoms with Crippen LogP contribution >= 0.6 is 11.6 Å². The van der Waals surface area contributed by atoms with Crippen LogP contribution in [-0.4, -0.2) is 18.0 Å². The Bertz CT molecular complexity index is 772. The Morgan fingerprint density at radius 1 is 1.09 bits per heavy atom. The smallest absolute Gasteiger partial charge is 0.317 e. The van der Waals surface area contributed by atoms with Gasteiger partial charge >= 0.3 is 11.8 Å². The first-order valence-corrected chi connectivity index (χ1v) is 7.31. The van der Waals surface area contributed by atoms with E-state index in [4.69, 9.17) is 11.6 Å². The van der Waals surface area contributed by atoms with Gasteiger partial charge in [-0.15, -0.1) is 0 Å². The first-order chi connectivity index (χ1) is 11.0. The number of nitrogens with one attached hydrogen (secondary N) is 2. The predicted molar refractivity (Wildman–Crippen MR) is 91.7 cm³/mol. The lowest BCUT2D eigenvalue weighted by Gasteiger charge is -2.08. The summed E-state index contributed by atoms with van der Waals surface area (Å²) in [6.07, 6.45) is 1.38. The van der Waals surface area contributed by atoms with Gasteiger partial charge in [-0.1, -0.05) is 41.9 Å². The van der Waals surface area contributed by atoms with Crippen LogP contribution in [0.4, 0.5) is 5.69 Å². The number of hydrogen-bond donors (Lipinski definition) is 2. The number of carbonyl (C=O) groups is 2. The lowest BCUT2D eigenvalue weighted by Crippen LogP contribution is -2.32. The molecular formula is C17H16ClN3O2. The number of hydrazone groups is 1. The maximum Gasteiger partial charge on any atom is 0.329 e. The molecule has 0 saturated heterocycles. The van der Waals surface area contributed by atoms with E-state index in [2.05, 4.69) is 15.8 Å². The summed E-state index contributed by atoms with van der Waals surface area (Å²) in [7, 11) is 0. The van der Waals surface area contributed by atoms with E-state index in [0.29, 0.717) is 16.3 Å². The Hall–Kier alpha value is -2.66. The van der Waals surface area contributed by atoms with Crippen molar-refractivity contribution >= 4 is 35.3 Å². The van der Waals surface area contributed by atoms with Crippen LogP contribution in [0.15, 0.2) is 47.6 Å². The van der Waals surface area contributed by atoms with E-state index in [1.165, 1.54) is 6.21 Å². The zero-order chi connectivity index (χ0) is 16.8. The summed E-state index contributed by atoms with van der Waals surface area (Å²) >= 11 is 5.96. The van der Waals surface area contributed by atoms with Crippen molar-refractivity contribution < 1.29 is 9.59 Å². The van der Waals surface area contributed by atoms with E-state index in [-0.39, 0.29) is 0 Å². The second-order valence-electron chi connectivity index (χ2n) is 4.99. The van der Waals surface area contributed by atoms with Crippen molar-refractivity contribution in [3.8, 4) is 0 Å². The number of carbonyl (C=O) groups excluding carboxylic acids is 2. The van der Waals surface area contributed by atoms with Gasteiger partial charge in [0.05, 0.1) is 6.21 Å². The monoisotopic (exact) mass is 329 g/mol. The highest BCUT2D eigenvalue weighted by Crippen LogP contribution is 2.16. The van der Waals surface area contributed by atoms with E-state index in [0.717, 1.165) is 11.1 Å². The first kappa shape index (κ1) is 16.7. The Kier molecular flexibility index (Phi) is 5.49. The molecule has 2 rings (SSSR count). The van der Waals surface area contributed by atoms with Crippen LogP contribution in [-0.2, 0) is 9.59 Å². The molecule has 2 aromatic rings. The maximum atomic E-state index is 11.9. The topological polar surface area (TPSA) is 70.6 Å². The molecule has 2 amide bonds. The summed E-state index contributed by atoms with van der Waals surface area (Å²) < 4.78 is 0. The Morgan fingerprint density at radius 3 is 2.57 bits per heavy atom. The van der Waals surface area contributed by atoms with Gasteiger partial charge in [-0.3, -0.25) is 9.59 Å². The summed E-state index contributed by atoms with van der Waals surface area (Å²) in [5.74, 6) is -1.63. The lowest BCUT2D eigenvalue weighted by atomic mass is 10.1. The fourth-order valence-electron chi connectivity index (χ4n) is 1.84. The third kappa shape index (κ3) is 4.66. The molecule has 0 aliphatic rings. The Balaban J connectivity index is 1.97. The second kappa shape index (κ2) is 7.56. The van der Waals surface area contributed by atoms with Gasteiger partial charge in [0.15, 0.2) is 0 Å². The van der Waals surface area contributed by atoms with Crippen LogP contribution in [0.1, 0.15) is 16.7 Å². The number of benzene rings is 2. The quantitative estimate of drug-likeness (QED) is 0.516. The normalized spacial score (nSPS) is 10.6. The zero-order valence-electron chi connectivity index (χ0n) is 12.8. The average molecular weight is 330 g/mol. The third-order valence-electron chi connectivity index (χ3n) is 3.12. The molecule has 0 bridgehead atoms. The number of aryl methyl sites for hydroxylation is 2. The van der Waals surface area contributed by atoms with Crippen LogP contribution in [0.25, 0.3) is 0 Å². The third-order valence-corrected chi connectivity index (χ3v) is 3.47. The molecule has 6 heteroatoms. The van der Waals surface area contributed by atoms with E-state index in [9.17, 15) is 9.59 Å². The zero-order valence-corrected chi connectivity index (χ0v) is 13.5. The van der Waals surface area contributed by atoms with Crippen molar-refractivity contribution in [3.63, 3.8) is 0 Å². The lowest BCUT2D eigenvalue weighted by molar-refractivity contribution is -0.136. The molecule has 0 aliphatic heterocycles. The van der Waals surface area contributed by atoms with E-state index < -0.39 is 11.8 Å². The van der Waals surface area contributed by atoms with E-state index in [1.807, 2.05) is 26.0 Å². The summed E-state index contributed by atoms with van der Waals surface area (Å²) in [6, 6.07) is 12.6. The fourth-order valence-corrected chi connectivity index (χ4v) is 2.03. The molecule has 0 fully saturated rings. The van der Waals surface area contributed by atoms with E-state index >= 15 is 0 Å². The molecule has 0 radical (unpaired) electrons. The van der Waals surface area contributed by atoms with Gasteiger partial charge in [0, 0.05) is 16.3 Å². The summed E-state index contributed by atoms with van der Waals surface area (Å²) in [6.45, 7) is 3.76. The molecule has 0 aliphatic carbocycles. The molecule has 2 aromatic carbocycles. The minimum absolute atomic E-state index is 0.505. The molecule has 0 unspecified atom stereocenters. The predicted octanol–water partition coefficient (Wildman–Crippen LogP) is 3.05. The summed E-state index contributed by atoms with van der Waals surface area (Å²) in [5.41, 5.74) is 5.27. The summed E-state index contributed by atoms with van der Waals surface area (Å²) in [5, 5.41) is 6.80. The Morgan fingerprint density at radius 2 is 1.83 bits per heavy atom. The molecule has 0 heterocycles. The highest BCUT2D eigenvalue weighted by atomic mass is 35.5. The van der Waals surface area contributed by atoms with Crippen LogP contribution in [0.2, 0.25) is 5.02 Å². The molecule has 2 N–H and O–H groups in total.